The first-order chi connectivity index (χ1) is 9.34. The number of nitrogens with one attached hydrogen (secondary N) is 1. The van der Waals surface area contributed by atoms with E-state index in [0.29, 0.717) is 22.9 Å². The van der Waals surface area contributed by atoms with Crippen LogP contribution in [0.15, 0.2) is 26.2 Å². The number of phenolic OH excluding ortho intramolecular Hbond substituents is 1. The van der Waals surface area contributed by atoms with Gasteiger partial charge in [0, 0.05) is 10.0 Å². The van der Waals surface area contributed by atoms with Crippen LogP contribution in [0.1, 0.15) is 32.3 Å². The Morgan fingerprint density at radius 3 is 2.55 bits per heavy atom. The van der Waals surface area contributed by atoms with Crippen molar-refractivity contribution in [3.05, 3.63) is 26.6 Å². The van der Waals surface area contributed by atoms with Gasteiger partial charge in [-0.15, -0.1) is 0 Å². The molecule has 0 spiro atoms. The van der Waals surface area contributed by atoms with Crippen molar-refractivity contribution < 1.29 is 15.0 Å². The topological polar surface area (TPSA) is 81.9 Å². The summed E-state index contributed by atoms with van der Waals surface area (Å²) in [4.78, 5) is 11.8. The maximum absolute atomic E-state index is 11.8. The SMILES string of the molecule is CCC(O)(CC)C(=O)N/N=C\c1cc(Br)cc(Br)c1O. The Morgan fingerprint density at radius 1 is 1.40 bits per heavy atom. The fourth-order valence-corrected chi connectivity index (χ4v) is 2.78. The number of carbonyl (C=O) groups is 1. The van der Waals surface area contributed by atoms with Crippen LogP contribution in [0.5, 0.6) is 5.75 Å². The fraction of sp³-hybridized carbons (Fsp3) is 0.385. The van der Waals surface area contributed by atoms with Gasteiger partial charge in [-0.1, -0.05) is 29.8 Å². The van der Waals surface area contributed by atoms with E-state index in [1.807, 2.05) is 0 Å². The van der Waals surface area contributed by atoms with Crippen LogP contribution in [0.25, 0.3) is 0 Å². The highest BCUT2D eigenvalue weighted by atomic mass is 79.9. The zero-order valence-corrected chi connectivity index (χ0v) is 14.3. The lowest BCUT2D eigenvalue weighted by atomic mass is 9.97. The molecule has 1 amide bonds. The molecule has 0 aliphatic rings. The number of hydrazone groups is 1. The van der Waals surface area contributed by atoms with Crippen molar-refractivity contribution >= 4 is 44.0 Å². The van der Waals surface area contributed by atoms with Crippen LogP contribution in [0, 0.1) is 0 Å². The quantitative estimate of drug-likeness (QED) is 0.518. The number of amides is 1. The summed E-state index contributed by atoms with van der Waals surface area (Å²) in [6.07, 6.45) is 1.92. The molecule has 20 heavy (non-hydrogen) atoms. The minimum Gasteiger partial charge on any atom is -0.506 e. The van der Waals surface area contributed by atoms with Crippen LogP contribution in [0.2, 0.25) is 0 Å². The Kier molecular flexibility index (Phi) is 6.16. The zero-order chi connectivity index (χ0) is 15.3. The van der Waals surface area contributed by atoms with Crippen molar-refractivity contribution in [3.8, 4) is 5.75 Å². The molecule has 1 aromatic rings. The fourth-order valence-electron chi connectivity index (χ4n) is 1.52. The largest absolute Gasteiger partial charge is 0.506 e. The number of halogens is 2. The molecule has 1 rings (SSSR count). The molecule has 0 atom stereocenters. The number of phenols is 1. The van der Waals surface area contributed by atoms with Gasteiger partial charge < -0.3 is 10.2 Å². The molecule has 0 saturated heterocycles. The molecule has 5 nitrogen and oxygen atoms in total. The first kappa shape index (κ1) is 17.1. The summed E-state index contributed by atoms with van der Waals surface area (Å²) in [5.74, 6) is -0.542. The third-order valence-corrected chi connectivity index (χ3v) is 4.08. The van der Waals surface area contributed by atoms with E-state index in [1.165, 1.54) is 6.21 Å². The maximum Gasteiger partial charge on any atom is 0.271 e. The molecule has 0 aromatic heterocycles. The van der Waals surface area contributed by atoms with Gasteiger partial charge in [0.15, 0.2) is 0 Å². The van der Waals surface area contributed by atoms with E-state index in [4.69, 9.17) is 0 Å². The molecule has 0 saturated carbocycles. The Balaban J connectivity index is 2.83. The molecule has 0 heterocycles. The third kappa shape index (κ3) is 4.04. The number of carbonyl (C=O) groups excluding carboxylic acids is 1. The van der Waals surface area contributed by atoms with Gasteiger partial charge in [-0.25, -0.2) is 5.43 Å². The van der Waals surface area contributed by atoms with Crippen molar-refractivity contribution in [3.63, 3.8) is 0 Å². The molecule has 0 fully saturated rings. The first-order valence-electron chi connectivity index (χ1n) is 6.08. The standard InChI is InChI=1S/C13H16Br2N2O3/c1-3-13(20,4-2)12(19)17-16-7-8-5-9(14)6-10(15)11(8)18/h5-7,18,20H,3-4H2,1-2H3,(H,17,19)/b16-7-. The van der Waals surface area contributed by atoms with Crippen LogP contribution in [-0.2, 0) is 4.79 Å². The summed E-state index contributed by atoms with van der Waals surface area (Å²) < 4.78 is 1.27. The second-order valence-corrected chi connectivity index (χ2v) is 6.03. The first-order valence-corrected chi connectivity index (χ1v) is 7.66. The lowest BCUT2D eigenvalue weighted by Gasteiger charge is -2.22. The number of aliphatic hydroxyl groups is 1. The van der Waals surface area contributed by atoms with E-state index < -0.39 is 11.5 Å². The molecule has 7 heteroatoms. The third-order valence-electron chi connectivity index (χ3n) is 3.02. The summed E-state index contributed by atoms with van der Waals surface area (Å²) in [5, 5.41) is 23.6. The number of benzene rings is 1. The van der Waals surface area contributed by atoms with E-state index >= 15 is 0 Å². The second-order valence-electron chi connectivity index (χ2n) is 4.26. The molecule has 3 N–H and O–H groups in total. The Bertz CT molecular complexity index is 529. The molecule has 110 valence electrons. The molecular weight excluding hydrogens is 392 g/mol. The highest BCUT2D eigenvalue weighted by Crippen LogP contribution is 2.30. The average molecular weight is 408 g/mol. The molecule has 0 radical (unpaired) electrons. The monoisotopic (exact) mass is 406 g/mol. The van der Waals surface area contributed by atoms with Gasteiger partial charge in [0.2, 0.25) is 0 Å². The average Bonchev–Trinajstić information content (AvgIpc) is 2.42. The highest BCUT2D eigenvalue weighted by molar-refractivity contribution is 9.11. The molecule has 0 unspecified atom stereocenters. The van der Waals surface area contributed by atoms with Gasteiger partial charge in [0.05, 0.1) is 10.7 Å². The number of nitrogens with zero attached hydrogens (tertiary/aromatic N) is 1. The van der Waals surface area contributed by atoms with Crippen molar-refractivity contribution in [1.29, 1.82) is 0 Å². The second kappa shape index (κ2) is 7.19. The summed E-state index contributed by atoms with van der Waals surface area (Å²) >= 11 is 6.49. The Morgan fingerprint density at radius 2 is 2.00 bits per heavy atom. The van der Waals surface area contributed by atoms with E-state index in [2.05, 4.69) is 42.4 Å². The number of hydrogen-bond donors (Lipinski definition) is 3. The van der Waals surface area contributed by atoms with Crippen LogP contribution in [0.4, 0.5) is 0 Å². The Hall–Kier alpha value is -0.920. The molecule has 1 aromatic carbocycles. The maximum atomic E-state index is 11.8. The molecular formula is C13H16Br2N2O3. The number of hydrogen-bond acceptors (Lipinski definition) is 4. The van der Waals surface area contributed by atoms with Crippen LogP contribution in [0.3, 0.4) is 0 Å². The van der Waals surface area contributed by atoms with Crippen molar-refractivity contribution in [1.82, 2.24) is 5.43 Å². The summed E-state index contributed by atoms with van der Waals surface area (Å²) in [5.41, 5.74) is 1.29. The lowest BCUT2D eigenvalue weighted by molar-refractivity contribution is -0.140. The Labute approximate surface area is 134 Å². The minimum atomic E-state index is -1.42. The van der Waals surface area contributed by atoms with Gasteiger partial charge in [0.25, 0.3) is 5.91 Å². The molecule has 0 bridgehead atoms. The van der Waals surface area contributed by atoms with Crippen molar-refractivity contribution in [2.45, 2.75) is 32.3 Å². The van der Waals surface area contributed by atoms with Gasteiger partial charge >= 0.3 is 0 Å². The summed E-state index contributed by atoms with van der Waals surface area (Å²) in [7, 11) is 0. The smallest absolute Gasteiger partial charge is 0.271 e. The van der Waals surface area contributed by atoms with Gasteiger partial charge in [0.1, 0.15) is 11.4 Å². The molecule has 0 aliphatic carbocycles. The molecule has 0 aliphatic heterocycles. The van der Waals surface area contributed by atoms with Crippen molar-refractivity contribution in [2.75, 3.05) is 0 Å². The van der Waals surface area contributed by atoms with E-state index in [0.717, 1.165) is 4.47 Å². The van der Waals surface area contributed by atoms with E-state index in [9.17, 15) is 15.0 Å². The van der Waals surface area contributed by atoms with Crippen LogP contribution in [-0.4, -0.2) is 27.9 Å². The highest BCUT2D eigenvalue weighted by Gasteiger charge is 2.31. The lowest BCUT2D eigenvalue weighted by Crippen LogP contribution is -2.44. The minimum absolute atomic E-state index is 0.0208. The van der Waals surface area contributed by atoms with Crippen LogP contribution < -0.4 is 5.43 Å². The predicted molar refractivity (Wildman–Crippen MR) is 84.8 cm³/mol. The van der Waals surface area contributed by atoms with Gasteiger partial charge in [-0.05, 0) is 40.9 Å². The van der Waals surface area contributed by atoms with E-state index in [1.54, 1.807) is 26.0 Å². The van der Waals surface area contributed by atoms with Gasteiger partial charge in [-0.3, -0.25) is 4.79 Å². The normalized spacial score (nSPS) is 11.8. The zero-order valence-electron chi connectivity index (χ0n) is 11.2. The predicted octanol–water partition coefficient (Wildman–Crippen LogP) is 2.92. The number of aromatic hydroxyl groups is 1. The summed E-state index contributed by atoms with van der Waals surface area (Å²) in [6.45, 7) is 3.45. The number of rotatable bonds is 5. The van der Waals surface area contributed by atoms with E-state index in [-0.39, 0.29) is 5.75 Å². The van der Waals surface area contributed by atoms with Gasteiger partial charge in [-0.2, -0.15) is 5.10 Å². The summed E-state index contributed by atoms with van der Waals surface area (Å²) in [6, 6.07) is 3.35. The van der Waals surface area contributed by atoms with Crippen LogP contribution >= 0.6 is 31.9 Å². The van der Waals surface area contributed by atoms with Crippen molar-refractivity contribution in [2.24, 2.45) is 5.10 Å².